The fraction of sp³-hybridized carbons (Fsp3) is 0.739. The first-order valence-electron chi connectivity index (χ1n) is 11.6. The zero-order valence-electron chi connectivity index (χ0n) is 20.6. The van der Waals surface area contributed by atoms with Gasteiger partial charge in [-0.25, -0.2) is 0 Å². The van der Waals surface area contributed by atoms with Crippen LogP contribution in [0.3, 0.4) is 0 Å². The minimum Gasteiger partial charge on any atom is -0.465 e. The second kappa shape index (κ2) is 10.0. The highest BCUT2D eigenvalue weighted by atomic mass is 32.2. The molecule has 1 unspecified atom stereocenters. The average molecular weight is 480 g/mol. The first kappa shape index (κ1) is 25.6. The van der Waals surface area contributed by atoms with Crippen molar-refractivity contribution in [1.82, 2.24) is 24.9 Å². The van der Waals surface area contributed by atoms with Crippen molar-refractivity contribution in [3.05, 3.63) is 17.5 Å². The first-order chi connectivity index (χ1) is 15.5. The zero-order valence-corrected chi connectivity index (χ0v) is 21.5. The summed E-state index contributed by atoms with van der Waals surface area (Å²) >= 11 is 1.69. The predicted octanol–water partition coefficient (Wildman–Crippen LogP) is 1.77. The van der Waals surface area contributed by atoms with Gasteiger partial charge in [-0.15, -0.1) is 0 Å². The predicted molar refractivity (Wildman–Crippen MR) is 128 cm³/mol. The van der Waals surface area contributed by atoms with Gasteiger partial charge in [-0.3, -0.25) is 24.4 Å². The summed E-state index contributed by atoms with van der Waals surface area (Å²) in [5.41, 5.74) is 0.664. The Balaban J connectivity index is 1.75. The first-order valence-corrected chi connectivity index (χ1v) is 13.0. The standard InChI is InChI=1S/C23H37N5O4S/c1-7-32-19(29)15-28-20(30)16(8-13-33-6)24-23(28)9-11-27(12-10-23)21(31)17-14-18(22(2,3)4)25-26(17)5/h14,16,24H,7-13,15H2,1-6H3. The second-order valence-electron chi connectivity index (χ2n) is 9.82. The third kappa shape index (κ3) is 5.37. The van der Waals surface area contributed by atoms with Crippen molar-refractivity contribution in [2.24, 2.45) is 7.05 Å². The van der Waals surface area contributed by atoms with E-state index in [1.807, 2.05) is 17.2 Å². The summed E-state index contributed by atoms with van der Waals surface area (Å²) in [5, 5.41) is 8.05. The Bertz CT molecular complexity index is 886. The van der Waals surface area contributed by atoms with Crippen LogP contribution in [0.15, 0.2) is 6.07 Å². The number of hydrogen-bond acceptors (Lipinski definition) is 7. The number of amides is 2. The van der Waals surface area contributed by atoms with Crippen LogP contribution in [-0.4, -0.2) is 87.3 Å². The SMILES string of the molecule is CCOC(=O)CN1C(=O)C(CCSC)NC12CCN(C(=O)c1cc(C(C)(C)C)nn1C)CC2. The molecule has 2 amide bonds. The van der Waals surface area contributed by atoms with Crippen LogP contribution in [-0.2, 0) is 26.8 Å². The van der Waals surface area contributed by atoms with Gasteiger partial charge in [0.2, 0.25) is 5.91 Å². The molecular weight excluding hydrogens is 442 g/mol. The van der Waals surface area contributed by atoms with Crippen molar-refractivity contribution in [3.8, 4) is 0 Å². The Hall–Kier alpha value is -2.07. The molecule has 1 spiro atoms. The Kier molecular flexibility index (Phi) is 7.78. The van der Waals surface area contributed by atoms with Gasteiger partial charge in [-0.1, -0.05) is 20.8 Å². The Morgan fingerprint density at radius 2 is 1.97 bits per heavy atom. The van der Waals surface area contributed by atoms with Crippen LogP contribution in [0.25, 0.3) is 0 Å². The summed E-state index contributed by atoms with van der Waals surface area (Å²) in [6.07, 6.45) is 3.83. The van der Waals surface area contributed by atoms with Gasteiger partial charge in [0.1, 0.15) is 12.2 Å². The highest BCUT2D eigenvalue weighted by Crippen LogP contribution is 2.34. The van der Waals surface area contributed by atoms with E-state index in [0.29, 0.717) is 38.0 Å². The third-order valence-electron chi connectivity index (χ3n) is 6.47. The number of hydrogen-bond donors (Lipinski definition) is 1. The molecule has 10 heteroatoms. The van der Waals surface area contributed by atoms with Gasteiger partial charge in [0.05, 0.1) is 24.0 Å². The van der Waals surface area contributed by atoms with Crippen molar-refractivity contribution in [1.29, 1.82) is 0 Å². The summed E-state index contributed by atoms with van der Waals surface area (Å²) in [4.78, 5) is 42.1. The van der Waals surface area contributed by atoms with E-state index in [0.717, 1.165) is 11.4 Å². The normalized spacial score (nSPS) is 20.5. The highest BCUT2D eigenvalue weighted by Gasteiger charge is 2.52. The summed E-state index contributed by atoms with van der Waals surface area (Å²) in [7, 11) is 1.79. The Morgan fingerprint density at radius 3 is 2.52 bits per heavy atom. The molecule has 3 heterocycles. The van der Waals surface area contributed by atoms with Crippen molar-refractivity contribution in [2.75, 3.05) is 38.2 Å². The van der Waals surface area contributed by atoms with Crippen LogP contribution in [0.4, 0.5) is 0 Å². The molecule has 1 N–H and O–H groups in total. The summed E-state index contributed by atoms with van der Waals surface area (Å²) in [6.45, 7) is 9.16. The number of esters is 1. The van der Waals surface area contributed by atoms with E-state index in [4.69, 9.17) is 4.74 Å². The molecule has 2 aliphatic heterocycles. The fourth-order valence-corrected chi connectivity index (χ4v) is 5.02. The number of carbonyl (C=O) groups is 3. The molecule has 3 rings (SSSR count). The number of thioether (sulfide) groups is 1. The zero-order chi connectivity index (χ0) is 24.4. The summed E-state index contributed by atoms with van der Waals surface area (Å²) < 4.78 is 6.77. The van der Waals surface area contributed by atoms with Gasteiger partial charge < -0.3 is 14.5 Å². The third-order valence-corrected chi connectivity index (χ3v) is 7.12. The lowest BCUT2D eigenvalue weighted by Gasteiger charge is -2.44. The molecule has 2 aliphatic rings. The number of aromatic nitrogens is 2. The molecule has 33 heavy (non-hydrogen) atoms. The summed E-state index contributed by atoms with van der Waals surface area (Å²) in [6, 6.07) is 1.55. The van der Waals surface area contributed by atoms with Gasteiger partial charge >= 0.3 is 5.97 Å². The second-order valence-corrected chi connectivity index (χ2v) is 10.8. The van der Waals surface area contributed by atoms with E-state index < -0.39 is 11.6 Å². The molecule has 1 atom stereocenters. The lowest BCUT2D eigenvalue weighted by atomic mass is 9.92. The maximum atomic E-state index is 13.3. The van der Waals surface area contributed by atoms with Gasteiger partial charge in [-0.2, -0.15) is 16.9 Å². The highest BCUT2D eigenvalue weighted by molar-refractivity contribution is 7.98. The minimum absolute atomic E-state index is 0.0571. The molecule has 1 aromatic rings. The molecule has 2 saturated heterocycles. The number of likely N-dealkylation sites (tertiary alicyclic amines) is 1. The maximum absolute atomic E-state index is 13.3. The monoisotopic (exact) mass is 479 g/mol. The molecule has 0 bridgehead atoms. The largest absolute Gasteiger partial charge is 0.465 e. The van der Waals surface area contributed by atoms with Crippen molar-refractivity contribution >= 4 is 29.5 Å². The smallest absolute Gasteiger partial charge is 0.325 e. The van der Waals surface area contributed by atoms with E-state index in [2.05, 4.69) is 31.2 Å². The summed E-state index contributed by atoms with van der Waals surface area (Å²) in [5.74, 6) is 0.336. The van der Waals surface area contributed by atoms with Crippen molar-refractivity contribution < 1.29 is 19.1 Å². The molecule has 0 aliphatic carbocycles. The lowest BCUT2D eigenvalue weighted by Crippen LogP contribution is -2.60. The van der Waals surface area contributed by atoms with Gasteiger partial charge in [0.15, 0.2) is 0 Å². The Labute approximate surface area is 200 Å². The fourth-order valence-electron chi connectivity index (χ4n) is 4.55. The van der Waals surface area contributed by atoms with E-state index in [-0.39, 0.29) is 36.4 Å². The topological polar surface area (TPSA) is 96.8 Å². The van der Waals surface area contributed by atoms with Gasteiger partial charge in [0, 0.05) is 38.4 Å². The average Bonchev–Trinajstić information content (AvgIpc) is 3.26. The number of nitrogens with one attached hydrogen (secondary N) is 1. The minimum atomic E-state index is -0.632. The van der Waals surface area contributed by atoms with Crippen molar-refractivity contribution in [3.63, 3.8) is 0 Å². The van der Waals surface area contributed by atoms with Crippen LogP contribution in [0.5, 0.6) is 0 Å². The van der Waals surface area contributed by atoms with Crippen LogP contribution < -0.4 is 5.32 Å². The number of nitrogens with zero attached hydrogens (tertiary/aromatic N) is 4. The Morgan fingerprint density at radius 1 is 1.30 bits per heavy atom. The number of aryl methyl sites for hydroxylation is 1. The quantitative estimate of drug-likeness (QED) is 0.595. The van der Waals surface area contributed by atoms with E-state index >= 15 is 0 Å². The van der Waals surface area contributed by atoms with Crippen LogP contribution in [0.1, 0.15) is 63.1 Å². The van der Waals surface area contributed by atoms with E-state index in [9.17, 15) is 14.4 Å². The van der Waals surface area contributed by atoms with Gasteiger partial charge in [0.25, 0.3) is 5.91 Å². The molecule has 9 nitrogen and oxygen atoms in total. The molecule has 0 saturated carbocycles. The van der Waals surface area contributed by atoms with E-state index in [1.54, 1.807) is 35.3 Å². The molecule has 1 aromatic heterocycles. The van der Waals surface area contributed by atoms with Crippen LogP contribution >= 0.6 is 11.8 Å². The number of ether oxygens (including phenoxy) is 1. The molecule has 184 valence electrons. The van der Waals surface area contributed by atoms with Crippen molar-refractivity contribution in [2.45, 2.75) is 64.1 Å². The number of carbonyl (C=O) groups excluding carboxylic acids is 3. The van der Waals surface area contributed by atoms with E-state index in [1.165, 1.54) is 0 Å². The van der Waals surface area contributed by atoms with Crippen LogP contribution in [0, 0.1) is 0 Å². The van der Waals surface area contributed by atoms with Gasteiger partial charge in [-0.05, 0) is 31.4 Å². The molecule has 0 radical (unpaired) electrons. The molecule has 2 fully saturated rings. The number of rotatable bonds is 7. The lowest BCUT2D eigenvalue weighted by molar-refractivity contribution is -0.151. The van der Waals surface area contributed by atoms with Crippen LogP contribution in [0.2, 0.25) is 0 Å². The maximum Gasteiger partial charge on any atom is 0.325 e. The number of piperidine rings is 1. The molecule has 0 aromatic carbocycles. The molecular formula is C23H37N5O4S.